The van der Waals surface area contributed by atoms with Crippen LogP contribution >= 0.6 is 12.4 Å². The van der Waals surface area contributed by atoms with Crippen molar-refractivity contribution in [3.63, 3.8) is 0 Å². The highest BCUT2D eigenvalue weighted by molar-refractivity contribution is 5.85. The van der Waals surface area contributed by atoms with Crippen molar-refractivity contribution < 1.29 is 20.4 Å². The van der Waals surface area contributed by atoms with Crippen LogP contribution in [-0.2, 0) is 0 Å². The maximum absolute atomic E-state index is 8.34. The summed E-state index contributed by atoms with van der Waals surface area (Å²) in [4.78, 5) is 0. The molecule has 84 valence electrons. The molecule has 0 spiro atoms. The first-order valence-electron chi connectivity index (χ1n) is 3.47. The fourth-order valence-corrected chi connectivity index (χ4v) is 0.150. The number of hydrogen-bond donors (Lipinski definition) is 6. The quantitative estimate of drug-likeness (QED) is 0.285. The van der Waals surface area contributed by atoms with Crippen LogP contribution in [0.1, 0.15) is 0 Å². The largest absolute Gasteiger partial charge is 0.394 e. The predicted molar refractivity (Wildman–Crippen MR) is 51.6 cm³/mol. The Balaban J connectivity index is -0.000000173. The number of hydrogen-bond acceptors (Lipinski definition) is 6. The van der Waals surface area contributed by atoms with Gasteiger partial charge < -0.3 is 26.2 Å². The molecule has 0 rings (SSSR count). The van der Waals surface area contributed by atoms with Crippen molar-refractivity contribution in [3.05, 3.63) is 0 Å². The van der Waals surface area contributed by atoms with E-state index in [2.05, 4.69) is 5.32 Å². The van der Waals surface area contributed by atoms with E-state index in [0.29, 0.717) is 0 Å². The zero-order valence-corrected chi connectivity index (χ0v) is 8.42. The Morgan fingerprint density at radius 2 is 1.31 bits per heavy atom. The van der Waals surface area contributed by atoms with E-state index in [9.17, 15) is 0 Å². The number of aliphatic hydroxyl groups excluding tert-OH is 4. The van der Waals surface area contributed by atoms with E-state index in [1.807, 2.05) is 0 Å². The summed E-state index contributed by atoms with van der Waals surface area (Å²) in [6, 6.07) is 0. The summed E-state index contributed by atoms with van der Waals surface area (Å²) >= 11 is 0. The molecule has 0 aromatic heterocycles. The van der Waals surface area contributed by atoms with Crippen molar-refractivity contribution in [2.75, 3.05) is 33.6 Å². The lowest BCUT2D eigenvalue weighted by Gasteiger charge is -2.20. The van der Waals surface area contributed by atoms with Crippen LogP contribution in [0.3, 0.4) is 0 Å². The maximum atomic E-state index is 8.34. The van der Waals surface area contributed by atoms with Crippen molar-refractivity contribution in [1.29, 1.82) is 0 Å². The number of aliphatic hydroxyl groups is 4. The Kier molecular flexibility index (Phi) is 17.4. The summed E-state index contributed by atoms with van der Waals surface area (Å²) in [5.41, 5.74) is 3.94. The van der Waals surface area contributed by atoms with E-state index in [-0.39, 0.29) is 19.1 Å². The molecule has 0 radical (unpaired) electrons. The molecule has 13 heavy (non-hydrogen) atoms. The van der Waals surface area contributed by atoms with E-state index in [0.717, 1.165) is 0 Å². The molecular weight excluding hydrogens is 200 g/mol. The first-order chi connectivity index (χ1) is 5.60. The SMILES string of the molecule is CNCO.Cl.NC(CO)(CO)CO. The third kappa shape index (κ3) is 12.1. The summed E-state index contributed by atoms with van der Waals surface area (Å²) in [7, 11) is 1.68. The van der Waals surface area contributed by atoms with Crippen LogP contribution in [0.4, 0.5) is 0 Å². The van der Waals surface area contributed by atoms with Gasteiger partial charge in [-0.3, -0.25) is 5.32 Å². The molecule has 0 aliphatic carbocycles. The number of rotatable bonds is 4. The Morgan fingerprint density at radius 1 is 1.08 bits per heavy atom. The first kappa shape index (κ1) is 18.8. The third-order valence-corrected chi connectivity index (χ3v) is 1.10. The Morgan fingerprint density at radius 3 is 1.31 bits per heavy atom. The van der Waals surface area contributed by atoms with Gasteiger partial charge in [-0.05, 0) is 7.05 Å². The van der Waals surface area contributed by atoms with Crippen LogP contribution < -0.4 is 11.1 Å². The minimum atomic E-state index is -1.21. The lowest BCUT2D eigenvalue weighted by Crippen LogP contribution is -2.50. The van der Waals surface area contributed by atoms with Gasteiger partial charge in [0.25, 0.3) is 0 Å². The molecule has 0 aromatic carbocycles. The summed E-state index contributed by atoms with van der Waals surface area (Å²) in [5.74, 6) is 0. The highest BCUT2D eigenvalue weighted by atomic mass is 35.5. The van der Waals surface area contributed by atoms with Crippen molar-refractivity contribution in [3.8, 4) is 0 Å². The zero-order valence-electron chi connectivity index (χ0n) is 7.60. The summed E-state index contributed by atoms with van der Waals surface area (Å²) < 4.78 is 0. The Hall–Kier alpha value is 0.0500. The second kappa shape index (κ2) is 12.0. The van der Waals surface area contributed by atoms with Gasteiger partial charge in [0.1, 0.15) is 0 Å². The molecule has 0 amide bonds. The summed E-state index contributed by atoms with van der Waals surface area (Å²) in [6.07, 6.45) is 0. The third-order valence-electron chi connectivity index (χ3n) is 1.10. The summed E-state index contributed by atoms with van der Waals surface area (Å²) in [5, 5.41) is 35.3. The topological polar surface area (TPSA) is 119 Å². The van der Waals surface area contributed by atoms with Gasteiger partial charge in [-0.1, -0.05) is 0 Å². The monoisotopic (exact) mass is 218 g/mol. The number of halogens is 1. The van der Waals surface area contributed by atoms with E-state index in [1.54, 1.807) is 7.05 Å². The van der Waals surface area contributed by atoms with Crippen LogP contribution in [0.2, 0.25) is 0 Å². The standard InChI is InChI=1S/C4H11NO3.C2H7NO.ClH/c5-4(1-6,2-7)3-8;1-3-2-4;/h6-8H,1-3,5H2;3-4H,2H2,1H3;1H. The molecule has 0 aromatic rings. The summed E-state index contributed by atoms with van der Waals surface area (Å²) in [6.45, 7) is -1.14. The molecule has 7 N–H and O–H groups in total. The molecule has 0 unspecified atom stereocenters. The minimum absolute atomic E-state index is 0. The van der Waals surface area contributed by atoms with E-state index in [4.69, 9.17) is 26.2 Å². The lowest BCUT2D eigenvalue weighted by molar-refractivity contribution is 0.0698. The zero-order chi connectivity index (χ0) is 10.0. The van der Waals surface area contributed by atoms with Gasteiger partial charge >= 0.3 is 0 Å². The fraction of sp³-hybridized carbons (Fsp3) is 1.00. The van der Waals surface area contributed by atoms with Crippen molar-refractivity contribution in [1.82, 2.24) is 5.32 Å². The van der Waals surface area contributed by atoms with Crippen molar-refractivity contribution in [2.24, 2.45) is 5.73 Å². The molecule has 0 atom stereocenters. The van der Waals surface area contributed by atoms with Crippen LogP contribution in [-0.4, -0.2) is 59.6 Å². The van der Waals surface area contributed by atoms with Crippen LogP contribution in [0, 0.1) is 0 Å². The van der Waals surface area contributed by atoms with Gasteiger partial charge in [-0.25, -0.2) is 0 Å². The Bertz CT molecular complexity index is 82.4. The smallest absolute Gasteiger partial charge is 0.0929 e. The number of nitrogens with one attached hydrogen (secondary N) is 1. The highest BCUT2D eigenvalue weighted by Gasteiger charge is 2.20. The Labute approximate surface area is 83.8 Å². The second-order valence-electron chi connectivity index (χ2n) is 2.35. The van der Waals surface area contributed by atoms with Crippen LogP contribution in [0.15, 0.2) is 0 Å². The van der Waals surface area contributed by atoms with Crippen LogP contribution in [0.5, 0.6) is 0 Å². The molecule has 0 aliphatic rings. The molecule has 7 heteroatoms. The predicted octanol–water partition coefficient (Wildman–Crippen LogP) is -2.76. The molecule has 0 saturated carbocycles. The van der Waals surface area contributed by atoms with E-state index >= 15 is 0 Å². The van der Waals surface area contributed by atoms with Gasteiger partial charge in [-0.15, -0.1) is 12.4 Å². The van der Waals surface area contributed by atoms with E-state index in [1.165, 1.54) is 0 Å². The van der Waals surface area contributed by atoms with Gasteiger partial charge in [0, 0.05) is 0 Å². The number of nitrogens with two attached hydrogens (primary N) is 1. The normalized spacial score (nSPS) is 9.69. The molecule has 0 saturated heterocycles. The molecular formula is C6H19ClN2O4. The molecule has 0 bridgehead atoms. The lowest BCUT2D eigenvalue weighted by atomic mass is 10.1. The first-order valence-corrected chi connectivity index (χ1v) is 3.47. The van der Waals surface area contributed by atoms with Gasteiger partial charge in [0.2, 0.25) is 0 Å². The average Bonchev–Trinajstić information content (AvgIpc) is 2.17. The average molecular weight is 219 g/mol. The molecule has 0 heterocycles. The van der Waals surface area contributed by atoms with Crippen molar-refractivity contribution >= 4 is 12.4 Å². The molecule has 6 nitrogen and oxygen atoms in total. The van der Waals surface area contributed by atoms with Gasteiger partial charge in [-0.2, -0.15) is 0 Å². The highest BCUT2D eigenvalue weighted by Crippen LogP contribution is 1.93. The second-order valence-corrected chi connectivity index (χ2v) is 2.35. The fourth-order valence-electron chi connectivity index (χ4n) is 0.150. The van der Waals surface area contributed by atoms with Gasteiger partial charge in [0.15, 0.2) is 0 Å². The minimum Gasteiger partial charge on any atom is -0.394 e. The van der Waals surface area contributed by atoms with Crippen molar-refractivity contribution in [2.45, 2.75) is 5.54 Å². The van der Waals surface area contributed by atoms with E-state index < -0.39 is 25.4 Å². The molecule has 0 aliphatic heterocycles. The van der Waals surface area contributed by atoms with Crippen LogP contribution in [0.25, 0.3) is 0 Å². The maximum Gasteiger partial charge on any atom is 0.0929 e. The van der Waals surface area contributed by atoms with Gasteiger partial charge in [0.05, 0.1) is 32.1 Å². The molecule has 0 fully saturated rings.